The van der Waals surface area contributed by atoms with Crippen LogP contribution in [0.2, 0.25) is 0 Å². The fraction of sp³-hybridized carbons (Fsp3) is 0.368. The topological polar surface area (TPSA) is 24.7 Å². The third-order valence-corrected chi connectivity index (χ3v) is 3.64. The molecule has 0 aliphatic heterocycles. The lowest BCUT2D eigenvalue weighted by molar-refractivity contribution is 0.665. The van der Waals surface area contributed by atoms with E-state index in [1.165, 1.54) is 24.0 Å². The van der Waals surface area contributed by atoms with Gasteiger partial charge in [0, 0.05) is 0 Å². The molecule has 1 atom stereocenters. The highest BCUT2D eigenvalue weighted by Crippen LogP contribution is 2.24. The van der Waals surface area contributed by atoms with E-state index in [2.05, 4.69) is 72.6 Å². The zero-order chi connectivity index (χ0) is 14.9. The minimum absolute atomic E-state index is 0.144. The molecule has 1 unspecified atom stereocenters. The summed E-state index contributed by atoms with van der Waals surface area (Å²) in [5.41, 5.74) is 3.54. The van der Waals surface area contributed by atoms with Crippen molar-refractivity contribution in [2.75, 3.05) is 0 Å². The molecule has 0 aliphatic rings. The summed E-state index contributed by atoms with van der Waals surface area (Å²) in [5.74, 6) is 0. The minimum Gasteiger partial charge on any atom is -0.180 e. The van der Waals surface area contributed by atoms with Crippen molar-refractivity contribution in [1.29, 1.82) is 0 Å². The molecule has 0 aliphatic carbocycles. The summed E-state index contributed by atoms with van der Waals surface area (Å²) >= 11 is 0. The average molecular weight is 280 g/mol. The van der Waals surface area contributed by atoms with E-state index in [1.54, 1.807) is 0 Å². The van der Waals surface area contributed by atoms with Gasteiger partial charge in [-0.25, -0.2) is 0 Å². The molecule has 0 fully saturated rings. The Labute approximate surface area is 127 Å². The van der Waals surface area contributed by atoms with Crippen molar-refractivity contribution in [3.05, 3.63) is 65.7 Å². The van der Waals surface area contributed by atoms with Gasteiger partial charge in [0.05, 0.1) is 11.7 Å². The van der Waals surface area contributed by atoms with Crippen LogP contribution in [0.25, 0.3) is 0 Å². The summed E-state index contributed by atoms with van der Waals surface area (Å²) in [6, 6.07) is 18.9. The van der Waals surface area contributed by atoms with E-state index in [-0.39, 0.29) is 6.04 Å². The third kappa shape index (κ3) is 4.82. The molecule has 0 aromatic heterocycles. The maximum Gasteiger partial charge on any atom is 0.0959 e. The van der Waals surface area contributed by atoms with Gasteiger partial charge in [-0.3, -0.25) is 0 Å². The van der Waals surface area contributed by atoms with Crippen LogP contribution < -0.4 is 0 Å². The molecular formula is C19H24N2. The van der Waals surface area contributed by atoms with Crippen LogP contribution in [0.15, 0.2) is 64.8 Å². The second-order valence-corrected chi connectivity index (χ2v) is 5.32. The molecule has 0 radical (unpaired) electrons. The standard InChI is InChI=1S/C19H24N2/c1-3-5-9-16-12-14-18(15-13-16)20-21-19(4-2)17-10-7-6-8-11-17/h6-8,10-15,19H,3-5,9H2,1-2H3. The van der Waals surface area contributed by atoms with Crippen molar-refractivity contribution >= 4 is 5.69 Å². The number of aryl methyl sites for hydroxylation is 1. The Bertz CT molecular complexity index is 544. The van der Waals surface area contributed by atoms with Gasteiger partial charge < -0.3 is 0 Å². The van der Waals surface area contributed by atoms with Crippen molar-refractivity contribution in [3.8, 4) is 0 Å². The molecule has 2 aromatic rings. The summed E-state index contributed by atoms with van der Waals surface area (Å²) < 4.78 is 0. The number of rotatable bonds is 7. The summed E-state index contributed by atoms with van der Waals surface area (Å²) in [7, 11) is 0. The summed E-state index contributed by atoms with van der Waals surface area (Å²) in [6.45, 7) is 4.36. The predicted octanol–water partition coefficient (Wildman–Crippen LogP) is 6.26. The van der Waals surface area contributed by atoms with E-state index in [0.717, 1.165) is 18.5 Å². The van der Waals surface area contributed by atoms with Gasteiger partial charge >= 0.3 is 0 Å². The number of hydrogen-bond donors (Lipinski definition) is 0. The van der Waals surface area contributed by atoms with Gasteiger partial charge in [-0.1, -0.05) is 62.7 Å². The fourth-order valence-corrected chi connectivity index (χ4v) is 2.31. The Morgan fingerprint density at radius 1 is 0.905 bits per heavy atom. The summed E-state index contributed by atoms with van der Waals surface area (Å²) in [4.78, 5) is 0. The second-order valence-electron chi connectivity index (χ2n) is 5.32. The Morgan fingerprint density at radius 2 is 1.62 bits per heavy atom. The van der Waals surface area contributed by atoms with Gasteiger partial charge in [0.15, 0.2) is 0 Å². The van der Waals surface area contributed by atoms with E-state index in [0.29, 0.717) is 0 Å². The second kappa shape index (κ2) is 8.35. The van der Waals surface area contributed by atoms with Crippen LogP contribution in [0.3, 0.4) is 0 Å². The first-order valence-electron chi connectivity index (χ1n) is 7.88. The van der Waals surface area contributed by atoms with Crippen LogP contribution >= 0.6 is 0 Å². The SMILES string of the molecule is CCCCc1ccc(N=NC(CC)c2ccccc2)cc1. The zero-order valence-electron chi connectivity index (χ0n) is 13.0. The van der Waals surface area contributed by atoms with Crippen LogP contribution in [-0.2, 0) is 6.42 Å². The first-order valence-corrected chi connectivity index (χ1v) is 7.88. The van der Waals surface area contributed by atoms with E-state index < -0.39 is 0 Å². The fourth-order valence-electron chi connectivity index (χ4n) is 2.31. The normalized spacial score (nSPS) is 12.7. The average Bonchev–Trinajstić information content (AvgIpc) is 2.55. The first kappa shape index (κ1) is 15.4. The van der Waals surface area contributed by atoms with Crippen LogP contribution in [0.5, 0.6) is 0 Å². The molecule has 0 spiro atoms. The molecule has 0 amide bonds. The van der Waals surface area contributed by atoms with Crippen molar-refractivity contribution in [2.45, 2.75) is 45.6 Å². The lowest BCUT2D eigenvalue weighted by Crippen LogP contribution is -1.91. The first-order chi connectivity index (χ1) is 10.3. The molecule has 2 aromatic carbocycles. The molecule has 2 rings (SSSR count). The molecule has 0 bridgehead atoms. The lowest BCUT2D eigenvalue weighted by atomic mass is 10.1. The molecule has 110 valence electrons. The van der Waals surface area contributed by atoms with Gasteiger partial charge in [-0.2, -0.15) is 10.2 Å². The lowest BCUT2D eigenvalue weighted by Gasteiger charge is -2.08. The van der Waals surface area contributed by atoms with Gasteiger partial charge in [-0.05, 0) is 42.5 Å². The number of benzene rings is 2. The summed E-state index contributed by atoms with van der Waals surface area (Å²) in [6.07, 6.45) is 4.58. The number of nitrogens with zero attached hydrogens (tertiary/aromatic N) is 2. The highest BCUT2D eigenvalue weighted by atomic mass is 15.1. The van der Waals surface area contributed by atoms with Gasteiger partial charge in [-0.15, -0.1) is 0 Å². The number of unbranched alkanes of at least 4 members (excludes halogenated alkanes) is 1. The van der Waals surface area contributed by atoms with Crippen molar-refractivity contribution < 1.29 is 0 Å². The van der Waals surface area contributed by atoms with Crippen molar-refractivity contribution in [1.82, 2.24) is 0 Å². The molecule has 0 saturated carbocycles. The maximum atomic E-state index is 4.50. The van der Waals surface area contributed by atoms with Crippen LogP contribution in [0, 0.1) is 0 Å². The number of hydrogen-bond acceptors (Lipinski definition) is 2. The monoisotopic (exact) mass is 280 g/mol. The molecule has 2 heteroatoms. The van der Waals surface area contributed by atoms with E-state index in [9.17, 15) is 0 Å². The Morgan fingerprint density at radius 3 is 2.24 bits per heavy atom. The Hall–Kier alpha value is -1.96. The van der Waals surface area contributed by atoms with Crippen LogP contribution in [0.1, 0.15) is 50.3 Å². The van der Waals surface area contributed by atoms with E-state index >= 15 is 0 Å². The maximum absolute atomic E-state index is 4.50. The molecule has 21 heavy (non-hydrogen) atoms. The van der Waals surface area contributed by atoms with Gasteiger partial charge in [0.1, 0.15) is 0 Å². The molecule has 0 N–H and O–H groups in total. The highest BCUT2D eigenvalue weighted by Gasteiger charge is 2.06. The van der Waals surface area contributed by atoms with Crippen molar-refractivity contribution in [3.63, 3.8) is 0 Å². The largest absolute Gasteiger partial charge is 0.180 e. The predicted molar refractivity (Wildman–Crippen MR) is 89.0 cm³/mol. The molecule has 0 heterocycles. The van der Waals surface area contributed by atoms with Gasteiger partial charge in [0.25, 0.3) is 0 Å². The van der Waals surface area contributed by atoms with E-state index in [1.807, 2.05) is 6.07 Å². The molecular weight excluding hydrogens is 256 g/mol. The minimum atomic E-state index is 0.144. The zero-order valence-corrected chi connectivity index (χ0v) is 13.0. The summed E-state index contributed by atoms with van der Waals surface area (Å²) in [5, 5.41) is 8.90. The number of azo groups is 1. The van der Waals surface area contributed by atoms with Crippen LogP contribution in [-0.4, -0.2) is 0 Å². The smallest absolute Gasteiger partial charge is 0.0959 e. The Balaban J connectivity index is 2.02. The quantitative estimate of drug-likeness (QED) is 0.534. The van der Waals surface area contributed by atoms with E-state index in [4.69, 9.17) is 0 Å². The molecule has 0 saturated heterocycles. The van der Waals surface area contributed by atoms with Crippen molar-refractivity contribution in [2.24, 2.45) is 10.2 Å². The molecule has 2 nitrogen and oxygen atoms in total. The van der Waals surface area contributed by atoms with Gasteiger partial charge in [0.2, 0.25) is 0 Å². The van der Waals surface area contributed by atoms with Crippen LogP contribution in [0.4, 0.5) is 5.69 Å². The highest BCUT2D eigenvalue weighted by molar-refractivity contribution is 5.38. The third-order valence-electron chi connectivity index (χ3n) is 3.64. The Kier molecular flexibility index (Phi) is 6.14.